The van der Waals surface area contributed by atoms with Crippen molar-refractivity contribution in [1.29, 1.82) is 0 Å². The molecule has 24 heavy (non-hydrogen) atoms. The number of alkyl halides is 1. The third kappa shape index (κ3) is 4.65. The number of nitrogens with zero attached hydrogens (tertiary/aromatic N) is 1. The van der Waals surface area contributed by atoms with Crippen LogP contribution in [0.1, 0.15) is 13.3 Å². The van der Waals surface area contributed by atoms with Gasteiger partial charge < -0.3 is 15.4 Å². The first-order valence-corrected chi connectivity index (χ1v) is 8.40. The molecular formula is C14H15BrClN3O5. The summed E-state index contributed by atoms with van der Waals surface area (Å²) in [5, 5.41) is 16.3. The van der Waals surface area contributed by atoms with Gasteiger partial charge in [0, 0.05) is 23.5 Å². The van der Waals surface area contributed by atoms with Crippen molar-refractivity contribution in [1.82, 2.24) is 5.32 Å². The summed E-state index contributed by atoms with van der Waals surface area (Å²) in [6.45, 7) is 2.06. The molecule has 1 heterocycles. The van der Waals surface area contributed by atoms with Gasteiger partial charge in [0.1, 0.15) is 6.04 Å². The third-order valence-corrected chi connectivity index (χ3v) is 4.47. The molecule has 1 aromatic carbocycles. The van der Waals surface area contributed by atoms with Crippen LogP contribution < -0.4 is 10.6 Å². The quantitative estimate of drug-likeness (QED) is 0.327. The predicted octanol–water partition coefficient (Wildman–Crippen LogP) is 2.24. The molecule has 1 aromatic rings. The smallest absolute Gasteiger partial charge is 0.323 e. The van der Waals surface area contributed by atoms with Gasteiger partial charge >= 0.3 is 5.97 Å². The van der Waals surface area contributed by atoms with Gasteiger partial charge in [-0.2, -0.15) is 0 Å². The van der Waals surface area contributed by atoms with Crippen molar-refractivity contribution < 1.29 is 19.2 Å². The van der Waals surface area contributed by atoms with Gasteiger partial charge in [-0.3, -0.25) is 19.7 Å². The number of hydrogen-bond acceptors (Lipinski definition) is 6. The van der Waals surface area contributed by atoms with E-state index < -0.39 is 28.9 Å². The van der Waals surface area contributed by atoms with E-state index in [0.29, 0.717) is 13.0 Å². The third-order valence-electron chi connectivity index (χ3n) is 3.44. The fourth-order valence-corrected chi connectivity index (χ4v) is 2.86. The summed E-state index contributed by atoms with van der Waals surface area (Å²) < 4.78 is 5.12. The van der Waals surface area contributed by atoms with Gasteiger partial charge in [0.2, 0.25) is 0 Å². The maximum Gasteiger partial charge on any atom is 0.323 e. The van der Waals surface area contributed by atoms with E-state index in [2.05, 4.69) is 26.6 Å². The minimum absolute atomic E-state index is 0.0817. The number of non-ortho nitro benzene ring substituents is 1. The highest BCUT2D eigenvalue weighted by Gasteiger charge is 2.31. The van der Waals surface area contributed by atoms with Gasteiger partial charge in [0.25, 0.3) is 11.6 Å². The van der Waals surface area contributed by atoms with Crippen molar-refractivity contribution in [2.45, 2.75) is 30.3 Å². The molecule has 8 nitrogen and oxygen atoms in total. The lowest BCUT2D eigenvalue weighted by molar-refractivity contribution is -0.384. The van der Waals surface area contributed by atoms with E-state index in [9.17, 15) is 19.7 Å². The number of halogens is 2. The van der Waals surface area contributed by atoms with E-state index in [1.807, 2.05) is 0 Å². The highest BCUT2D eigenvalue weighted by atomic mass is 79.9. The summed E-state index contributed by atoms with van der Waals surface area (Å²) in [4.78, 5) is 34.4. The molecule has 0 saturated carbocycles. The Morgan fingerprint density at radius 1 is 1.54 bits per heavy atom. The maximum absolute atomic E-state index is 12.1. The Hall–Kier alpha value is -1.71. The van der Waals surface area contributed by atoms with Gasteiger partial charge in [0.05, 0.1) is 15.6 Å². The van der Waals surface area contributed by atoms with Crippen molar-refractivity contribution >= 4 is 50.8 Å². The second-order valence-electron chi connectivity index (χ2n) is 5.28. The van der Waals surface area contributed by atoms with Crippen LogP contribution >= 0.6 is 27.5 Å². The predicted molar refractivity (Wildman–Crippen MR) is 91.4 cm³/mol. The molecule has 1 aliphatic heterocycles. The normalized spacial score (nSPS) is 21.1. The number of nitrogens with one attached hydrogen (secondary N) is 2. The van der Waals surface area contributed by atoms with Crippen LogP contribution in [0.5, 0.6) is 0 Å². The van der Waals surface area contributed by atoms with Gasteiger partial charge in [-0.05, 0) is 19.4 Å². The highest BCUT2D eigenvalue weighted by molar-refractivity contribution is 9.09. The highest BCUT2D eigenvalue weighted by Crippen LogP contribution is 2.27. The molecule has 130 valence electrons. The molecule has 1 aliphatic rings. The Morgan fingerprint density at radius 3 is 2.83 bits per heavy atom. The number of amides is 1. The fraction of sp³-hybridized carbons (Fsp3) is 0.429. The van der Waals surface area contributed by atoms with Gasteiger partial charge in [-0.25, -0.2) is 0 Å². The number of rotatable bonds is 5. The number of nitro benzene ring substituents is 1. The Labute approximate surface area is 151 Å². The monoisotopic (exact) mass is 419 g/mol. The van der Waals surface area contributed by atoms with Crippen molar-refractivity contribution in [2.24, 2.45) is 0 Å². The van der Waals surface area contributed by atoms with Gasteiger partial charge in [-0.1, -0.05) is 27.5 Å². The van der Waals surface area contributed by atoms with Crippen LogP contribution in [0.25, 0.3) is 0 Å². The average molecular weight is 421 g/mol. The first-order chi connectivity index (χ1) is 11.3. The van der Waals surface area contributed by atoms with E-state index in [0.717, 1.165) is 6.07 Å². The molecule has 1 saturated heterocycles. The number of benzene rings is 1. The lowest BCUT2D eigenvalue weighted by Gasteiger charge is -2.16. The van der Waals surface area contributed by atoms with Crippen LogP contribution in [0.4, 0.5) is 11.4 Å². The molecule has 2 rings (SSSR count). The zero-order valence-electron chi connectivity index (χ0n) is 12.6. The van der Waals surface area contributed by atoms with E-state index >= 15 is 0 Å². The standard InChI is InChI=1S/C14H15BrClN3O5/c1-7(24-14(21)12-4-8(15)6-17-12)13(20)18-11-5-9(19(22)23)2-3-10(11)16/h2-3,5,7-8,12,17H,4,6H2,1H3,(H,18,20). The lowest BCUT2D eigenvalue weighted by Crippen LogP contribution is -2.38. The van der Waals surface area contributed by atoms with E-state index in [4.69, 9.17) is 16.3 Å². The molecule has 2 N–H and O–H groups in total. The van der Waals surface area contributed by atoms with Gasteiger partial charge in [0.15, 0.2) is 6.10 Å². The Morgan fingerprint density at radius 2 is 2.25 bits per heavy atom. The molecule has 0 aliphatic carbocycles. The zero-order valence-corrected chi connectivity index (χ0v) is 15.0. The molecule has 0 spiro atoms. The Balaban J connectivity index is 1.97. The summed E-state index contributed by atoms with van der Waals surface area (Å²) in [5.41, 5.74) is -0.129. The summed E-state index contributed by atoms with van der Waals surface area (Å²) in [5.74, 6) is -1.15. The fourth-order valence-electron chi connectivity index (χ4n) is 2.14. The SMILES string of the molecule is CC(OC(=O)C1CC(Br)CN1)C(=O)Nc1cc([N+](=O)[O-])ccc1Cl. The second kappa shape index (κ2) is 7.91. The summed E-state index contributed by atoms with van der Waals surface area (Å²) in [6.07, 6.45) is -0.492. The topological polar surface area (TPSA) is 111 Å². The van der Waals surface area contributed by atoms with Crippen LogP contribution in [-0.4, -0.2) is 40.3 Å². The van der Waals surface area contributed by atoms with Crippen molar-refractivity contribution in [3.8, 4) is 0 Å². The van der Waals surface area contributed by atoms with E-state index in [-0.39, 0.29) is 21.2 Å². The number of carbonyl (C=O) groups is 2. The molecule has 10 heteroatoms. The molecule has 3 atom stereocenters. The maximum atomic E-state index is 12.1. The van der Waals surface area contributed by atoms with Crippen LogP contribution in [0, 0.1) is 10.1 Å². The van der Waals surface area contributed by atoms with Crippen LogP contribution in [0.15, 0.2) is 18.2 Å². The van der Waals surface area contributed by atoms with E-state index in [1.54, 1.807) is 0 Å². The summed E-state index contributed by atoms with van der Waals surface area (Å²) >= 11 is 9.31. The molecule has 0 aromatic heterocycles. The molecule has 3 unspecified atom stereocenters. The minimum atomic E-state index is -1.07. The number of hydrogen-bond donors (Lipinski definition) is 2. The summed E-state index contributed by atoms with van der Waals surface area (Å²) in [6, 6.07) is 3.21. The summed E-state index contributed by atoms with van der Waals surface area (Å²) in [7, 11) is 0. The largest absolute Gasteiger partial charge is 0.451 e. The number of anilines is 1. The molecule has 1 amide bonds. The molecule has 0 radical (unpaired) electrons. The minimum Gasteiger partial charge on any atom is -0.451 e. The second-order valence-corrected chi connectivity index (χ2v) is 6.99. The number of carbonyl (C=O) groups excluding carboxylic acids is 2. The first-order valence-electron chi connectivity index (χ1n) is 7.10. The number of ether oxygens (including phenoxy) is 1. The Kier molecular flexibility index (Phi) is 6.14. The van der Waals surface area contributed by atoms with Crippen molar-refractivity contribution in [3.63, 3.8) is 0 Å². The zero-order chi connectivity index (χ0) is 17.9. The van der Waals surface area contributed by atoms with E-state index in [1.165, 1.54) is 19.1 Å². The number of nitro groups is 1. The molecular weight excluding hydrogens is 406 g/mol. The van der Waals surface area contributed by atoms with Crippen molar-refractivity contribution in [3.05, 3.63) is 33.3 Å². The molecule has 0 bridgehead atoms. The van der Waals surface area contributed by atoms with Crippen LogP contribution in [0.3, 0.4) is 0 Å². The van der Waals surface area contributed by atoms with Crippen LogP contribution in [0.2, 0.25) is 5.02 Å². The lowest BCUT2D eigenvalue weighted by atomic mass is 10.2. The number of esters is 1. The Bertz CT molecular complexity index is 672. The van der Waals surface area contributed by atoms with Gasteiger partial charge in [-0.15, -0.1) is 0 Å². The molecule has 1 fully saturated rings. The average Bonchev–Trinajstić information content (AvgIpc) is 2.95. The van der Waals surface area contributed by atoms with Crippen molar-refractivity contribution in [2.75, 3.05) is 11.9 Å². The van der Waals surface area contributed by atoms with Crippen LogP contribution in [-0.2, 0) is 14.3 Å². The first kappa shape index (κ1) is 18.6.